The zero-order valence-electron chi connectivity index (χ0n) is 7.92. The van der Waals surface area contributed by atoms with E-state index >= 15 is 0 Å². The Morgan fingerprint density at radius 2 is 1.92 bits per heavy atom. The van der Waals surface area contributed by atoms with Crippen LogP contribution in [0.15, 0.2) is 0 Å². The highest BCUT2D eigenvalue weighted by atomic mass is 16.5. The highest BCUT2D eigenvalue weighted by Crippen LogP contribution is 2.06. The van der Waals surface area contributed by atoms with Crippen molar-refractivity contribution in [3.05, 3.63) is 0 Å². The van der Waals surface area contributed by atoms with E-state index in [4.69, 9.17) is 4.74 Å². The zero-order valence-corrected chi connectivity index (χ0v) is 7.92. The van der Waals surface area contributed by atoms with Gasteiger partial charge in [0.2, 0.25) is 0 Å². The molecule has 0 fully saturated rings. The molecular formula is C9H16O3. The van der Waals surface area contributed by atoms with E-state index in [0.29, 0.717) is 13.0 Å². The van der Waals surface area contributed by atoms with E-state index in [9.17, 15) is 9.59 Å². The van der Waals surface area contributed by atoms with E-state index in [0.717, 1.165) is 0 Å². The van der Waals surface area contributed by atoms with Crippen molar-refractivity contribution in [2.45, 2.75) is 33.6 Å². The molecule has 12 heavy (non-hydrogen) atoms. The van der Waals surface area contributed by atoms with E-state index in [2.05, 4.69) is 0 Å². The summed E-state index contributed by atoms with van der Waals surface area (Å²) in [6.45, 7) is 5.68. The van der Waals surface area contributed by atoms with Crippen molar-refractivity contribution in [2.24, 2.45) is 5.92 Å². The van der Waals surface area contributed by atoms with Crippen LogP contribution in [0.5, 0.6) is 0 Å². The molecule has 3 nitrogen and oxygen atoms in total. The van der Waals surface area contributed by atoms with E-state index in [1.54, 1.807) is 20.8 Å². The summed E-state index contributed by atoms with van der Waals surface area (Å²) < 4.78 is 4.72. The molecular weight excluding hydrogens is 156 g/mol. The minimum Gasteiger partial charge on any atom is -0.466 e. The van der Waals surface area contributed by atoms with Gasteiger partial charge in [-0.25, -0.2) is 0 Å². The Bertz CT molecular complexity index is 163. The summed E-state index contributed by atoms with van der Waals surface area (Å²) in [5.74, 6) is -0.371. The first-order valence-electron chi connectivity index (χ1n) is 4.30. The summed E-state index contributed by atoms with van der Waals surface area (Å²) in [6, 6.07) is 0. The van der Waals surface area contributed by atoms with Crippen molar-refractivity contribution in [1.29, 1.82) is 0 Å². The number of ether oxygens (including phenoxy) is 1. The lowest BCUT2D eigenvalue weighted by molar-refractivity contribution is -0.145. The van der Waals surface area contributed by atoms with Gasteiger partial charge in [-0.2, -0.15) is 0 Å². The Morgan fingerprint density at radius 1 is 1.33 bits per heavy atom. The third-order valence-electron chi connectivity index (χ3n) is 1.68. The molecule has 0 N–H and O–H groups in total. The average Bonchev–Trinajstić information content (AvgIpc) is 2.03. The molecule has 0 bridgehead atoms. The second-order valence-electron chi connectivity index (χ2n) is 2.73. The standard InChI is InChI=1S/C9H16O3/c1-4-8(10)7(3)6-9(11)12-5-2/h7H,4-6H2,1-3H3. The van der Waals surface area contributed by atoms with Gasteiger partial charge in [-0.1, -0.05) is 13.8 Å². The largest absolute Gasteiger partial charge is 0.466 e. The van der Waals surface area contributed by atoms with Gasteiger partial charge in [-0.3, -0.25) is 9.59 Å². The lowest BCUT2D eigenvalue weighted by Crippen LogP contribution is -2.16. The Morgan fingerprint density at radius 3 is 2.33 bits per heavy atom. The Hall–Kier alpha value is -0.860. The fraction of sp³-hybridized carbons (Fsp3) is 0.778. The molecule has 0 amide bonds. The SMILES string of the molecule is CCOC(=O)CC(C)C(=O)CC. The molecule has 0 radical (unpaired) electrons. The maximum Gasteiger partial charge on any atom is 0.306 e. The Kier molecular flexibility index (Phi) is 5.34. The highest BCUT2D eigenvalue weighted by molar-refractivity contribution is 5.84. The fourth-order valence-electron chi connectivity index (χ4n) is 0.932. The van der Waals surface area contributed by atoms with Crippen molar-refractivity contribution in [3.63, 3.8) is 0 Å². The number of Topliss-reactive ketones (excluding diaryl/α,β-unsaturated/α-hetero) is 1. The first kappa shape index (κ1) is 11.1. The van der Waals surface area contributed by atoms with Gasteiger partial charge in [-0.15, -0.1) is 0 Å². The van der Waals surface area contributed by atoms with E-state index < -0.39 is 0 Å². The first-order valence-corrected chi connectivity index (χ1v) is 4.30. The lowest BCUT2D eigenvalue weighted by Gasteiger charge is -2.07. The van der Waals surface area contributed by atoms with Gasteiger partial charge in [-0.05, 0) is 6.92 Å². The van der Waals surface area contributed by atoms with Gasteiger partial charge >= 0.3 is 5.97 Å². The number of ketones is 1. The molecule has 0 saturated carbocycles. The molecule has 0 aliphatic rings. The van der Waals surface area contributed by atoms with Crippen molar-refractivity contribution < 1.29 is 14.3 Å². The molecule has 0 aliphatic carbocycles. The first-order chi connectivity index (χ1) is 5.61. The Labute approximate surface area is 73.1 Å². The van der Waals surface area contributed by atoms with Gasteiger partial charge in [0, 0.05) is 12.3 Å². The van der Waals surface area contributed by atoms with Gasteiger partial charge in [0.05, 0.1) is 13.0 Å². The summed E-state index contributed by atoms with van der Waals surface area (Å²) in [5.41, 5.74) is 0. The highest BCUT2D eigenvalue weighted by Gasteiger charge is 2.15. The molecule has 1 atom stereocenters. The monoisotopic (exact) mass is 172 g/mol. The second-order valence-corrected chi connectivity index (χ2v) is 2.73. The maximum atomic E-state index is 11.0. The third kappa shape index (κ3) is 4.11. The van der Waals surface area contributed by atoms with Crippen molar-refractivity contribution in [3.8, 4) is 0 Å². The zero-order chi connectivity index (χ0) is 9.56. The molecule has 0 aromatic rings. The van der Waals surface area contributed by atoms with Gasteiger partial charge in [0.15, 0.2) is 0 Å². The predicted octanol–water partition coefficient (Wildman–Crippen LogP) is 1.55. The van der Waals surface area contributed by atoms with Crippen LogP contribution < -0.4 is 0 Å². The van der Waals surface area contributed by atoms with Crippen LogP contribution in [-0.2, 0) is 14.3 Å². The van der Waals surface area contributed by atoms with Crippen LogP contribution in [0.4, 0.5) is 0 Å². The van der Waals surface area contributed by atoms with Crippen LogP contribution in [0.25, 0.3) is 0 Å². The number of carbonyl (C=O) groups is 2. The molecule has 0 heterocycles. The third-order valence-corrected chi connectivity index (χ3v) is 1.68. The quantitative estimate of drug-likeness (QED) is 0.591. The fourth-order valence-corrected chi connectivity index (χ4v) is 0.932. The maximum absolute atomic E-state index is 11.0. The minimum atomic E-state index is -0.285. The van der Waals surface area contributed by atoms with Gasteiger partial charge < -0.3 is 4.74 Å². The van der Waals surface area contributed by atoms with E-state index in [-0.39, 0.29) is 24.1 Å². The molecule has 0 aliphatic heterocycles. The summed E-state index contributed by atoms with van der Waals surface area (Å²) in [7, 11) is 0. The summed E-state index contributed by atoms with van der Waals surface area (Å²) in [6.07, 6.45) is 0.696. The number of carbonyl (C=O) groups excluding carboxylic acids is 2. The summed E-state index contributed by atoms with van der Waals surface area (Å²) in [5, 5.41) is 0. The van der Waals surface area contributed by atoms with Gasteiger partial charge in [0.25, 0.3) is 0 Å². The molecule has 0 saturated heterocycles. The molecule has 1 unspecified atom stereocenters. The number of hydrogen-bond donors (Lipinski definition) is 0. The number of rotatable bonds is 5. The number of esters is 1. The predicted molar refractivity (Wildman–Crippen MR) is 45.7 cm³/mol. The minimum absolute atomic E-state index is 0.114. The van der Waals surface area contributed by atoms with Crippen LogP contribution in [0, 0.1) is 5.92 Å². The molecule has 0 aromatic carbocycles. The molecule has 0 spiro atoms. The Balaban J connectivity index is 3.75. The molecule has 0 rings (SSSR count). The topological polar surface area (TPSA) is 43.4 Å². The molecule has 0 aromatic heterocycles. The van der Waals surface area contributed by atoms with E-state index in [1.807, 2.05) is 0 Å². The smallest absolute Gasteiger partial charge is 0.306 e. The van der Waals surface area contributed by atoms with Crippen LogP contribution in [0.2, 0.25) is 0 Å². The van der Waals surface area contributed by atoms with Crippen molar-refractivity contribution in [1.82, 2.24) is 0 Å². The second kappa shape index (κ2) is 5.75. The molecule has 3 heteroatoms. The molecule has 70 valence electrons. The van der Waals surface area contributed by atoms with Crippen LogP contribution in [-0.4, -0.2) is 18.4 Å². The summed E-state index contributed by atoms with van der Waals surface area (Å²) >= 11 is 0. The average molecular weight is 172 g/mol. The van der Waals surface area contributed by atoms with Crippen molar-refractivity contribution >= 4 is 11.8 Å². The van der Waals surface area contributed by atoms with Crippen LogP contribution in [0.1, 0.15) is 33.6 Å². The summed E-state index contributed by atoms with van der Waals surface area (Å²) in [4.78, 5) is 21.9. The van der Waals surface area contributed by atoms with E-state index in [1.165, 1.54) is 0 Å². The number of hydrogen-bond acceptors (Lipinski definition) is 3. The van der Waals surface area contributed by atoms with Crippen LogP contribution >= 0.6 is 0 Å². The normalized spacial score (nSPS) is 12.2. The lowest BCUT2D eigenvalue weighted by atomic mass is 10.0. The van der Waals surface area contributed by atoms with Crippen LogP contribution in [0.3, 0.4) is 0 Å². The van der Waals surface area contributed by atoms with Crippen molar-refractivity contribution in [2.75, 3.05) is 6.61 Å². The van der Waals surface area contributed by atoms with Gasteiger partial charge in [0.1, 0.15) is 5.78 Å².